The molecule has 0 unspecified atom stereocenters. The highest BCUT2D eigenvalue weighted by molar-refractivity contribution is 6.45. The lowest BCUT2D eigenvalue weighted by atomic mass is 9.77. The minimum Gasteiger partial charge on any atom is -0.0760 e. The first-order valence-electron chi connectivity index (χ1n) is 11.0. The summed E-state index contributed by atoms with van der Waals surface area (Å²) in [5.74, 6) is 0. The van der Waals surface area contributed by atoms with Crippen LogP contribution in [0.2, 0.25) is 0 Å². The van der Waals surface area contributed by atoms with Gasteiger partial charge in [0, 0.05) is 0 Å². The Labute approximate surface area is 174 Å². The van der Waals surface area contributed by atoms with Crippen molar-refractivity contribution in [1.82, 2.24) is 0 Å². The van der Waals surface area contributed by atoms with Gasteiger partial charge in [-0.1, -0.05) is 60.7 Å². The van der Waals surface area contributed by atoms with Crippen LogP contribution < -0.4 is 5.22 Å². The number of benzene rings is 7. The molecule has 30 heavy (non-hydrogen) atoms. The second kappa shape index (κ2) is 4.84. The van der Waals surface area contributed by atoms with Crippen LogP contribution >= 0.6 is 0 Å². The number of hydrogen-bond donors (Lipinski definition) is 0. The summed E-state index contributed by atoms with van der Waals surface area (Å²) >= 11 is 0. The van der Waals surface area contributed by atoms with Gasteiger partial charge in [0.2, 0.25) is 0 Å². The molecule has 0 heterocycles. The van der Waals surface area contributed by atoms with Crippen LogP contribution in [0.5, 0.6) is 0 Å². The van der Waals surface area contributed by atoms with Crippen LogP contribution in [0.3, 0.4) is 0 Å². The van der Waals surface area contributed by atoms with E-state index in [1.54, 1.807) is 5.56 Å². The van der Waals surface area contributed by atoms with Crippen LogP contribution in [0.25, 0.3) is 70.7 Å². The molecule has 0 amide bonds. The Morgan fingerprint density at radius 2 is 1.00 bits per heavy atom. The third-order valence-electron chi connectivity index (χ3n) is 7.99. The molecule has 0 aliphatic heterocycles. The Balaban J connectivity index is 1.97. The summed E-state index contributed by atoms with van der Waals surface area (Å²) in [6.45, 7) is 4.64. The smallest absolute Gasteiger partial charge is 0.000141 e. The first kappa shape index (κ1) is 15.5. The molecule has 0 heteroatoms. The van der Waals surface area contributed by atoms with Gasteiger partial charge in [-0.25, -0.2) is 0 Å². The Kier molecular flexibility index (Phi) is 2.50. The lowest BCUT2D eigenvalue weighted by Gasteiger charge is -2.26. The van der Waals surface area contributed by atoms with Crippen LogP contribution in [0.1, 0.15) is 23.1 Å². The van der Waals surface area contributed by atoms with E-state index in [2.05, 4.69) is 74.5 Å². The second-order valence-electron chi connectivity index (χ2n) is 9.19. The summed E-state index contributed by atoms with van der Waals surface area (Å²) in [6, 6.07) is 20.8. The molecule has 0 radical (unpaired) electrons. The third-order valence-corrected chi connectivity index (χ3v) is 7.99. The molecular formula is C30H20. The summed E-state index contributed by atoms with van der Waals surface area (Å²) in [5, 5.41) is 19.0. The Hall–Kier alpha value is -3.38. The van der Waals surface area contributed by atoms with Gasteiger partial charge >= 0.3 is 0 Å². The van der Waals surface area contributed by atoms with Gasteiger partial charge in [-0.3, -0.25) is 0 Å². The molecule has 1 aliphatic rings. The van der Waals surface area contributed by atoms with E-state index in [-0.39, 0.29) is 0 Å². The summed E-state index contributed by atoms with van der Waals surface area (Å²) in [5.41, 5.74) is 4.43. The lowest BCUT2D eigenvalue weighted by molar-refractivity contribution is 1.05. The van der Waals surface area contributed by atoms with Crippen LogP contribution in [0, 0.1) is 13.8 Å². The highest BCUT2D eigenvalue weighted by Gasteiger charge is 2.25. The topological polar surface area (TPSA) is 0 Å². The van der Waals surface area contributed by atoms with E-state index in [9.17, 15) is 0 Å². The van der Waals surface area contributed by atoms with E-state index >= 15 is 0 Å². The van der Waals surface area contributed by atoms with Gasteiger partial charge < -0.3 is 0 Å². The molecule has 0 saturated heterocycles. The van der Waals surface area contributed by atoms with Gasteiger partial charge in [-0.2, -0.15) is 0 Å². The van der Waals surface area contributed by atoms with Gasteiger partial charge in [-0.05, 0) is 113 Å². The van der Waals surface area contributed by atoms with E-state index in [1.807, 2.05) is 0 Å². The standard InChI is InChI=1S/C30H20/c1-15-17-7-3-11-21-23-13-5-9-19-16(2)20-10-6-14-24-22-12-4-8-18(15)26(22)29(25(17)21)30(27(19)23)28(20)24/h3-5,7-13H,6,14H2,1-2H3. The van der Waals surface area contributed by atoms with E-state index in [0.29, 0.717) is 0 Å². The first-order valence-corrected chi connectivity index (χ1v) is 11.0. The fourth-order valence-electron chi connectivity index (χ4n) is 6.79. The second-order valence-corrected chi connectivity index (χ2v) is 9.19. The molecule has 7 aromatic carbocycles. The zero-order valence-corrected chi connectivity index (χ0v) is 17.2. The molecule has 140 valence electrons. The largest absolute Gasteiger partial charge is 0.0760 e. The summed E-state index contributed by atoms with van der Waals surface area (Å²) < 4.78 is 0. The molecule has 0 fully saturated rings. The molecule has 0 bridgehead atoms. The first-order chi connectivity index (χ1) is 14.8. The molecule has 0 saturated carbocycles. The third kappa shape index (κ3) is 1.47. The molecule has 8 rings (SSSR count). The van der Waals surface area contributed by atoms with Gasteiger partial charge in [0.05, 0.1) is 0 Å². The molecular weight excluding hydrogens is 360 g/mol. The van der Waals surface area contributed by atoms with Crippen molar-refractivity contribution in [3.63, 3.8) is 0 Å². The van der Waals surface area contributed by atoms with E-state index in [1.165, 1.54) is 81.0 Å². The monoisotopic (exact) mass is 380 g/mol. The highest BCUT2D eigenvalue weighted by Crippen LogP contribution is 2.50. The maximum absolute atomic E-state index is 2.49. The van der Waals surface area contributed by atoms with Crippen molar-refractivity contribution >= 4 is 70.7 Å². The SMILES string of the molecule is Cc1c2c3c(c4cccc5c(C)c6cccc7c8cccc1c8c3c(c54)c67)CCC=2. The predicted octanol–water partition coefficient (Wildman–Crippen LogP) is 7.54. The van der Waals surface area contributed by atoms with Crippen molar-refractivity contribution in [2.75, 3.05) is 0 Å². The van der Waals surface area contributed by atoms with E-state index in [4.69, 9.17) is 0 Å². The molecule has 0 N–H and O–H groups in total. The molecule has 0 aromatic heterocycles. The summed E-state index contributed by atoms with van der Waals surface area (Å²) in [4.78, 5) is 0. The Morgan fingerprint density at radius 1 is 0.500 bits per heavy atom. The summed E-state index contributed by atoms with van der Waals surface area (Å²) in [7, 11) is 0. The van der Waals surface area contributed by atoms with Gasteiger partial charge in [0.15, 0.2) is 0 Å². The Bertz CT molecular complexity index is 1900. The highest BCUT2D eigenvalue weighted by atomic mass is 14.3. The molecule has 0 atom stereocenters. The normalized spacial score (nSPS) is 14.3. The minimum atomic E-state index is 1.14. The fraction of sp³-hybridized carbons (Fsp3) is 0.133. The molecule has 0 nitrogen and oxygen atoms in total. The predicted molar refractivity (Wildman–Crippen MR) is 131 cm³/mol. The number of hydrogen-bond acceptors (Lipinski definition) is 0. The maximum Gasteiger partial charge on any atom is -0.000141 e. The zero-order chi connectivity index (χ0) is 19.7. The van der Waals surface area contributed by atoms with Crippen LogP contribution in [0.4, 0.5) is 0 Å². The molecule has 0 spiro atoms. The van der Waals surface area contributed by atoms with Crippen molar-refractivity contribution in [3.8, 4) is 0 Å². The van der Waals surface area contributed by atoms with E-state index < -0.39 is 0 Å². The number of fused-ring (bicyclic) bond motifs is 2. The van der Waals surface area contributed by atoms with Gasteiger partial charge in [0.1, 0.15) is 0 Å². The minimum absolute atomic E-state index is 1.14. The molecule has 7 aromatic rings. The summed E-state index contributed by atoms with van der Waals surface area (Å²) in [6.07, 6.45) is 4.77. The van der Waals surface area contributed by atoms with Crippen LogP contribution in [0.15, 0.2) is 54.6 Å². The van der Waals surface area contributed by atoms with Crippen molar-refractivity contribution in [2.45, 2.75) is 26.7 Å². The van der Waals surface area contributed by atoms with Crippen molar-refractivity contribution < 1.29 is 0 Å². The molecule has 1 aliphatic carbocycles. The average Bonchev–Trinajstić information content (AvgIpc) is 2.80. The number of aryl methyl sites for hydroxylation is 3. The van der Waals surface area contributed by atoms with Crippen LogP contribution in [-0.4, -0.2) is 0 Å². The van der Waals surface area contributed by atoms with E-state index in [0.717, 1.165) is 12.8 Å². The average molecular weight is 380 g/mol. The maximum atomic E-state index is 2.49. The zero-order valence-electron chi connectivity index (χ0n) is 17.2. The van der Waals surface area contributed by atoms with Crippen LogP contribution in [-0.2, 0) is 6.42 Å². The lowest BCUT2D eigenvalue weighted by Crippen LogP contribution is -2.15. The van der Waals surface area contributed by atoms with Gasteiger partial charge in [0.25, 0.3) is 0 Å². The fourth-order valence-corrected chi connectivity index (χ4v) is 6.79. The Morgan fingerprint density at radius 3 is 1.67 bits per heavy atom. The van der Waals surface area contributed by atoms with Crippen molar-refractivity contribution in [3.05, 3.63) is 76.5 Å². The number of rotatable bonds is 0. The van der Waals surface area contributed by atoms with Crippen molar-refractivity contribution in [2.24, 2.45) is 0 Å². The van der Waals surface area contributed by atoms with Crippen molar-refractivity contribution in [1.29, 1.82) is 0 Å². The van der Waals surface area contributed by atoms with Gasteiger partial charge in [-0.15, -0.1) is 0 Å². The quantitative estimate of drug-likeness (QED) is 0.188.